The topological polar surface area (TPSA) is 81.9 Å². The average Bonchev–Trinajstić information content (AvgIpc) is 3.03. The molecule has 0 saturated carbocycles. The molecular weight excluding hydrogens is 406 g/mol. The van der Waals surface area contributed by atoms with Crippen LogP contribution in [0, 0.1) is 13.8 Å². The molecule has 7 nitrogen and oxygen atoms in total. The molecule has 0 aromatic carbocycles. The largest absolute Gasteiger partial charge is 0.468 e. The number of nitrogens with zero attached hydrogens (tertiary/aromatic N) is 4. The fourth-order valence-corrected chi connectivity index (χ4v) is 2.90. The average molecular weight is 425 g/mol. The summed E-state index contributed by atoms with van der Waals surface area (Å²) in [6.45, 7) is 1.27. The van der Waals surface area contributed by atoms with Crippen LogP contribution in [0.1, 0.15) is 27.2 Å². The van der Waals surface area contributed by atoms with Gasteiger partial charge in [0.05, 0.1) is 23.3 Å². The van der Waals surface area contributed by atoms with Crippen molar-refractivity contribution in [3.05, 3.63) is 47.2 Å². The smallest absolute Gasteiger partial charge is 0.422 e. The van der Waals surface area contributed by atoms with Crippen LogP contribution in [0.4, 0.5) is 17.6 Å². The van der Waals surface area contributed by atoms with Crippen LogP contribution in [0.5, 0.6) is 5.88 Å². The Labute approximate surface area is 169 Å². The SMILES string of the molecule is Cc1cnc2c(C(=O)NCCF)cn(Cc3ncnc(OCC(F)(F)F)c3C)c2c1. The van der Waals surface area contributed by atoms with Crippen LogP contribution < -0.4 is 10.1 Å². The molecule has 0 aliphatic heterocycles. The lowest BCUT2D eigenvalue weighted by Gasteiger charge is -2.13. The minimum atomic E-state index is -4.49. The van der Waals surface area contributed by atoms with Crippen molar-refractivity contribution in [1.29, 1.82) is 0 Å². The van der Waals surface area contributed by atoms with E-state index in [4.69, 9.17) is 4.74 Å². The Hall–Kier alpha value is -3.24. The maximum absolute atomic E-state index is 12.5. The Morgan fingerprint density at radius 1 is 1.23 bits per heavy atom. The molecular formula is C19H19F4N5O2. The van der Waals surface area contributed by atoms with Crippen molar-refractivity contribution in [2.24, 2.45) is 0 Å². The molecule has 160 valence electrons. The number of halogens is 4. The van der Waals surface area contributed by atoms with Gasteiger partial charge >= 0.3 is 6.18 Å². The Morgan fingerprint density at radius 2 is 2.00 bits per heavy atom. The van der Waals surface area contributed by atoms with Crippen molar-refractivity contribution in [3.8, 4) is 5.88 Å². The molecule has 0 saturated heterocycles. The van der Waals surface area contributed by atoms with E-state index in [1.807, 2.05) is 13.0 Å². The molecule has 3 aromatic rings. The van der Waals surface area contributed by atoms with Gasteiger partial charge in [-0.1, -0.05) is 0 Å². The van der Waals surface area contributed by atoms with E-state index in [1.165, 1.54) is 0 Å². The first kappa shape index (κ1) is 21.5. The van der Waals surface area contributed by atoms with E-state index in [1.54, 1.807) is 23.9 Å². The summed E-state index contributed by atoms with van der Waals surface area (Å²) >= 11 is 0. The van der Waals surface area contributed by atoms with Gasteiger partial charge in [0, 0.05) is 24.5 Å². The highest BCUT2D eigenvalue weighted by Crippen LogP contribution is 2.25. The van der Waals surface area contributed by atoms with Crippen LogP contribution in [-0.4, -0.2) is 51.4 Å². The molecule has 0 spiro atoms. The molecule has 0 aliphatic rings. The maximum atomic E-state index is 12.5. The molecule has 1 N–H and O–H groups in total. The lowest BCUT2D eigenvalue weighted by molar-refractivity contribution is -0.154. The number of hydrogen-bond donors (Lipinski definition) is 1. The summed E-state index contributed by atoms with van der Waals surface area (Å²) in [6.07, 6.45) is -0.197. The monoisotopic (exact) mass is 425 g/mol. The van der Waals surface area contributed by atoms with Crippen LogP contribution in [0.3, 0.4) is 0 Å². The number of nitrogens with one attached hydrogen (secondary N) is 1. The van der Waals surface area contributed by atoms with E-state index in [9.17, 15) is 22.4 Å². The minimum Gasteiger partial charge on any atom is -0.468 e. The van der Waals surface area contributed by atoms with E-state index >= 15 is 0 Å². The first-order valence-corrected chi connectivity index (χ1v) is 8.99. The van der Waals surface area contributed by atoms with Crippen molar-refractivity contribution in [3.63, 3.8) is 0 Å². The van der Waals surface area contributed by atoms with E-state index < -0.39 is 25.4 Å². The number of carbonyl (C=O) groups is 1. The predicted molar refractivity (Wildman–Crippen MR) is 100 cm³/mol. The molecule has 3 heterocycles. The summed E-state index contributed by atoms with van der Waals surface area (Å²) in [7, 11) is 0. The van der Waals surface area contributed by atoms with E-state index in [2.05, 4.69) is 20.3 Å². The first-order valence-electron chi connectivity index (χ1n) is 8.99. The van der Waals surface area contributed by atoms with Gasteiger partial charge in [0.15, 0.2) is 6.61 Å². The number of ether oxygens (including phenoxy) is 1. The lowest BCUT2D eigenvalue weighted by Crippen LogP contribution is -2.25. The number of carbonyl (C=O) groups excluding carboxylic acids is 1. The Bertz CT molecular complexity index is 1060. The number of hydrogen-bond acceptors (Lipinski definition) is 5. The predicted octanol–water partition coefficient (Wildman–Crippen LogP) is 3.13. The van der Waals surface area contributed by atoms with Gasteiger partial charge in [-0.3, -0.25) is 9.78 Å². The number of amides is 1. The van der Waals surface area contributed by atoms with Crippen LogP contribution >= 0.6 is 0 Å². The minimum absolute atomic E-state index is 0.123. The molecule has 0 radical (unpaired) electrons. The zero-order valence-corrected chi connectivity index (χ0v) is 16.3. The van der Waals surface area contributed by atoms with Gasteiger partial charge in [-0.05, 0) is 25.5 Å². The van der Waals surface area contributed by atoms with Gasteiger partial charge in [-0.25, -0.2) is 14.4 Å². The molecule has 3 rings (SSSR count). The van der Waals surface area contributed by atoms with Crippen molar-refractivity contribution in [2.45, 2.75) is 26.6 Å². The van der Waals surface area contributed by atoms with E-state index in [-0.39, 0.29) is 24.5 Å². The van der Waals surface area contributed by atoms with Gasteiger partial charge in [0.25, 0.3) is 5.91 Å². The molecule has 0 bridgehead atoms. The number of fused-ring (bicyclic) bond motifs is 1. The van der Waals surface area contributed by atoms with E-state index in [0.717, 1.165) is 11.9 Å². The molecule has 0 fully saturated rings. The molecule has 0 aliphatic carbocycles. The summed E-state index contributed by atoms with van der Waals surface area (Å²) in [5.41, 5.74) is 2.96. The van der Waals surface area contributed by atoms with Crippen LogP contribution in [0.2, 0.25) is 0 Å². The maximum Gasteiger partial charge on any atom is 0.422 e. The number of rotatable bonds is 7. The standard InChI is InChI=1S/C19H19F4N5O2/c1-11-5-15-16(25-6-11)13(17(29)24-4-3-20)7-28(15)8-14-12(2)18(27-10-26-14)30-9-19(21,22)23/h5-7,10H,3-4,8-9H2,1-2H3,(H,24,29). The Balaban J connectivity index is 1.96. The van der Waals surface area contributed by atoms with Crippen molar-refractivity contribution in [1.82, 2.24) is 24.8 Å². The molecule has 0 atom stereocenters. The van der Waals surface area contributed by atoms with Crippen molar-refractivity contribution in [2.75, 3.05) is 19.8 Å². The zero-order valence-electron chi connectivity index (χ0n) is 16.3. The van der Waals surface area contributed by atoms with Gasteiger partial charge < -0.3 is 14.6 Å². The fraction of sp³-hybridized carbons (Fsp3) is 0.368. The quantitative estimate of drug-likeness (QED) is 0.589. The highest BCUT2D eigenvalue weighted by Gasteiger charge is 2.29. The second-order valence-corrected chi connectivity index (χ2v) is 6.65. The summed E-state index contributed by atoms with van der Waals surface area (Å²) in [6, 6.07) is 1.83. The molecule has 1 amide bonds. The third kappa shape index (κ3) is 4.84. The molecule has 30 heavy (non-hydrogen) atoms. The second-order valence-electron chi connectivity index (χ2n) is 6.65. The van der Waals surface area contributed by atoms with Crippen LogP contribution in [0.15, 0.2) is 24.8 Å². The third-order valence-electron chi connectivity index (χ3n) is 4.31. The highest BCUT2D eigenvalue weighted by atomic mass is 19.4. The molecule has 3 aromatic heterocycles. The summed E-state index contributed by atoms with van der Waals surface area (Å²) in [5.74, 6) is -0.634. The molecule has 0 unspecified atom stereocenters. The summed E-state index contributed by atoms with van der Waals surface area (Å²) in [4.78, 5) is 24.6. The number of alkyl halides is 4. The summed E-state index contributed by atoms with van der Waals surface area (Å²) < 4.78 is 56.3. The normalized spacial score (nSPS) is 11.7. The highest BCUT2D eigenvalue weighted by molar-refractivity contribution is 6.05. The van der Waals surface area contributed by atoms with Gasteiger partial charge in [-0.15, -0.1) is 0 Å². The van der Waals surface area contributed by atoms with Gasteiger partial charge in [0.1, 0.15) is 18.5 Å². The van der Waals surface area contributed by atoms with Crippen molar-refractivity contribution < 1.29 is 27.1 Å². The number of pyridine rings is 1. The summed E-state index contributed by atoms with van der Waals surface area (Å²) in [5, 5.41) is 2.46. The number of aryl methyl sites for hydroxylation is 1. The fourth-order valence-electron chi connectivity index (χ4n) is 2.90. The van der Waals surface area contributed by atoms with Crippen molar-refractivity contribution >= 4 is 16.9 Å². The third-order valence-corrected chi connectivity index (χ3v) is 4.31. The van der Waals surface area contributed by atoms with Gasteiger partial charge in [0.2, 0.25) is 5.88 Å². The van der Waals surface area contributed by atoms with Crippen LogP contribution in [0.25, 0.3) is 11.0 Å². The van der Waals surface area contributed by atoms with Crippen LogP contribution in [-0.2, 0) is 6.54 Å². The first-order chi connectivity index (χ1) is 14.2. The second kappa shape index (κ2) is 8.64. The lowest BCUT2D eigenvalue weighted by atomic mass is 10.2. The van der Waals surface area contributed by atoms with E-state index in [0.29, 0.717) is 22.3 Å². The molecule has 11 heteroatoms. The zero-order chi connectivity index (χ0) is 21.9. The number of aromatic nitrogens is 4. The Morgan fingerprint density at radius 3 is 2.70 bits per heavy atom. The Kier molecular flexibility index (Phi) is 6.18. The van der Waals surface area contributed by atoms with Gasteiger partial charge in [-0.2, -0.15) is 13.2 Å².